The van der Waals surface area contributed by atoms with E-state index in [2.05, 4.69) is 24.1 Å². The second-order valence-electron chi connectivity index (χ2n) is 7.31. The zero-order chi connectivity index (χ0) is 21.0. The van der Waals surface area contributed by atoms with Crippen LogP contribution in [0, 0.1) is 11.7 Å². The van der Waals surface area contributed by atoms with Crippen molar-refractivity contribution in [2.75, 3.05) is 5.32 Å². The van der Waals surface area contributed by atoms with Gasteiger partial charge in [-0.25, -0.2) is 9.37 Å². The Hall–Kier alpha value is -2.67. The van der Waals surface area contributed by atoms with Crippen molar-refractivity contribution >= 4 is 34.3 Å². The minimum atomic E-state index is -0.488. The minimum Gasteiger partial charge on any atom is -0.325 e. The molecule has 1 aromatic heterocycles. The molecule has 1 amide bonds. The van der Waals surface area contributed by atoms with Crippen LogP contribution in [-0.4, -0.2) is 20.7 Å². The maximum atomic E-state index is 13.1. The van der Waals surface area contributed by atoms with Gasteiger partial charge in [0.2, 0.25) is 5.91 Å². The van der Waals surface area contributed by atoms with Crippen LogP contribution in [-0.2, 0) is 11.3 Å². The van der Waals surface area contributed by atoms with E-state index < -0.39 is 5.25 Å². The summed E-state index contributed by atoms with van der Waals surface area (Å²) in [4.78, 5) is 30.2. The number of halogens is 1. The Morgan fingerprint density at radius 3 is 2.52 bits per heavy atom. The fourth-order valence-corrected chi connectivity index (χ4v) is 3.75. The summed E-state index contributed by atoms with van der Waals surface area (Å²) in [6.07, 6.45) is 0.837. The molecule has 0 spiro atoms. The Morgan fingerprint density at radius 1 is 1.14 bits per heavy atom. The van der Waals surface area contributed by atoms with Crippen molar-refractivity contribution in [3.8, 4) is 0 Å². The highest BCUT2D eigenvalue weighted by molar-refractivity contribution is 8.00. The Kier molecular flexibility index (Phi) is 6.69. The van der Waals surface area contributed by atoms with Crippen LogP contribution in [0.3, 0.4) is 0 Å². The zero-order valence-electron chi connectivity index (χ0n) is 16.7. The molecule has 0 aliphatic rings. The summed E-state index contributed by atoms with van der Waals surface area (Å²) in [6, 6.07) is 12.8. The molecule has 3 rings (SSSR count). The molecule has 0 fully saturated rings. The van der Waals surface area contributed by atoms with Gasteiger partial charge in [-0.2, -0.15) is 0 Å². The maximum absolute atomic E-state index is 13.1. The van der Waals surface area contributed by atoms with E-state index >= 15 is 0 Å². The molecule has 1 atom stereocenters. The van der Waals surface area contributed by atoms with Crippen molar-refractivity contribution in [1.82, 2.24) is 9.55 Å². The fraction of sp³-hybridized carbons (Fsp3) is 0.318. The largest absolute Gasteiger partial charge is 0.325 e. The third-order valence-corrected chi connectivity index (χ3v) is 5.61. The van der Waals surface area contributed by atoms with E-state index in [0.29, 0.717) is 34.2 Å². The van der Waals surface area contributed by atoms with Crippen LogP contribution in [0.4, 0.5) is 10.1 Å². The summed E-state index contributed by atoms with van der Waals surface area (Å²) < 4.78 is 14.7. The molecule has 1 heterocycles. The summed E-state index contributed by atoms with van der Waals surface area (Å²) in [7, 11) is 0. The highest BCUT2D eigenvalue weighted by Crippen LogP contribution is 2.24. The van der Waals surface area contributed by atoms with Gasteiger partial charge in [-0.05, 0) is 55.7 Å². The first-order valence-corrected chi connectivity index (χ1v) is 10.5. The van der Waals surface area contributed by atoms with Crippen molar-refractivity contribution in [1.29, 1.82) is 0 Å². The van der Waals surface area contributed by atoms with Gasteiger partial charge in [0.25, 0.3) is 5.56 Å². The predicted molar refractivity (Wildman–Crippen MR) is 116 cm³/mol. The van der Waals surface area contributed by atoms with Gasteiger partial charge in [0.05, 0.1) is 16.2 Å². The molecule has 29 heavy (non-hydrogen) atoms. The quantitative estimate of drug-likeness (QED) is 0.450. The summed E-state index contributed by atoms with van der Waals surface area (Å²) >= 11 is 1.25. The summed E-state index contributed by atoms with van der Waals surface area (Å²) in [5.74, 6) is -0.162. The smallest absolute Gasteiger partial charge is 0.262 e. The van der Waals surface area contributed by atoms with Crippen LogP contribution in [0.2, 0.25) is 0 Å². The van der Waals surface area contributed by atoms with Gasteiger partial charge in [0.15, 0.2) is 5.16 Å². The van der Waals surface area contributed by atoms with Gasteiger partial charge < -0.3 is 5.32 Å². The molecule has 152 valence electrons. The number of benzene rings is 2. The molecule has 2 aromatic carbocycles. The Balaban J connectivity index is 1.86. The van der Waals surface area contributed by atoms with Gasteiger partial charge in [0.1, 0.15) is 5.82 Å². The highest BCUT2D eigenvalue weighted by atomic mass is 32.2. The molecule has 0 aliphatic carbocycles. The van der Waals surface area contributed by atoms with Gasteiger partial charge in [-0.15, -0.1) is 0 Å². The molecule has 0 unspecified atom stereocenters. The average molecular weight is 414 g/mol. The molecule has 0 bridgehead atoms. The SMILES string of the molecule is CC(C)CCn1c(S[C@@H](C)C(=O)Nc2ccc(F)cc2)nc2ccccc2c1=O. The maximum Gasteiger partial charge on any atom is 0.262 e. The van der Waals surface area contributed by atoms with Crippen LogP contribution < -0.4 is 10.9 Å². The molecule has 0 radical (unpaired) electrons. The molecular formula is C22H24FN3O2S. The summed E-state index contributed by atoms with van der Waals surface area (Å²) in [6.45, 7) is 6.51. The fourth-order valence-electron chi connectivity index (χ4n) is 2.81. The van der Waals surface area contributed by atoms with E-state index in [4.69, 9.17) is 0 Å². The van der Waals surface area contributed by atoms with Crippen LogP contribution >= 0.6 is 11.8 Å². The number of carbonyl (C=O) groups excluding carboxylic acids is 1. The number of amides is 1. The minimum absolute atomic E-state index is 0.0927. The number of nitrogens with zero attached hydrogens (tertiary/aromatic N) is 2. The molecule has 7 heteroatoms. The van der Waals surface area contributed by atoms with Crippen molar-refractivity contribution in [3.63, 3.8) is 0 Å². The van der Waals surface area contributed by atoms with Crippen LogP contribution in [0.1, 0.15) is 27.2 Å². The summed E-state index contributed by atoms with van der Waals surface area (Å²) in [5, 5.41) is 3.38. The Labute approximate surface area is 173 Å². The first kappa shape index (κ1) is 21.0. The first-order chi connectivity index (χ1) is 13.8. The van der Waals surface area contributed by atoms with E-state index in [1.807, 2.05) is 12.1 Å². The molecule has 0 saturated heterocycles. The number of carbonyl (C=O) groups is 1. The average Bonchev–Trinajstić information content (AvgIpc) is 2.69. The number of thioether (sulfide) groups is 1. The van der Waals surface area contributed by atoms with Gasteiger partial charge in [0, 0.05) is 12.2 Å². The summed E-state index contributed by atoms with van der Waals surface area (Å²) in [5.41, 5.74) is 1.05. The second-order valence-corrected chi connectivity index (χ2v) is 8.62. The predicted octanol–water partition coefficient (Wildman–Crippen LogP) is 4.70. The van der Waals surface area contributed by atoms with E-state index in [9.17, 15) is 14.0 Å². The lowest BCUT2D eigenvalue weighted by Gasteiger charge is -2.17. The van der Waals surface area contributed by atoms with Gasteiger partial charge in [-0.3, -0.25) is 14.2 Å². The van der Waals surface area contributed by atoms with Crippen LogP contribution in [0.5, 0.6) is 0 Å². The van der Waals surface area contributed by atoms with Crippen LogP contribution in [0.15, 0.2) is 58.5 Å². The number of hydrogen-bond acceptors (Lipinski definition) is 4. The van der Waals surface area contributed by atoms with E-state index in [-0.39, 0.29) is 17.3 Å². The highest BCUT2D eigenvalue weighted by Gasteiger charge is 2.20. The molecule has 5 nitrogen and oxygen atoms in total. The molecule has 3 aromatic rings. The lowest BCUT2D eigenvalue weighted by molar-refractivity contribution is -0.115. The van der Waals surface area contributed by atoms with Gasteiger partial charge in [-0.1, -0.05) is 37.7 Å². The molecule has 1 N–H and O–H groups in total. The standard InChI is InChI=1S/C22H24FN3O2S/c1-14(2)12-13-26-21(28)18-6-4-5-7-19(18)25-22(26)29-15(3)20(27)24-17-10-8-16(23)9-11-17/h4-11,14-15H,12-13H2,1-3H3,(H,24,27)/t15-/m0/s1. The number of para-hydroxylation sites is 1. The van der Waals surface area contributed by atoms with Crippen molar-refractivity contribution in [2.24, 2.45) is 5.92 Å². The van der Waals surface area contributed by atoms with E-state index in [1.54, 1.807) is 23.6 Å². The number of rotatable bonds is 7. The van der Waals surface area contributed by atoms with Gasteiger partial charge >= 0.3 is 0 Å². The normalized spacial score (nSPS) is 12.3. The Morgan fingerprint density at radius 2 is 1.83 bits per heavy atom. The topological polar surface area (TPSA) is 64.0 Å². The Bertz CT molecular complexity index is 1060. The number of fused-ring (bicyclic) bond motifs is 1. The lowest BCUT2D eigenvalue weighted by atomic mass is 10.1. The lowest BCUT2D eigenvalue weighted by Crippen LogP contribution is -2.27. The van der Waals surface area contributed by atoms with Crippen LogP contribution in [0.25, 0.3) is 10.9 Å². The number of hydrogen-bond donors (Lipinski definition) is 1. The van der Waals surface area contributed by atoms with E-state index in [1.165, 1.54) is 36.0 Å². The molecular weight excluding hydrogens is 389 g/mol. The molecule has 0 aliphatic heterocycles. The number of nitrogens with one attached hydrogen (secondary N) is 1. The van der Waals surface area contributed by atoms with E-state index in [0.717, 1.165) is 6.42 Å². The zero-order valence-corrected chi connectivity index (χ0v) is 17.5. The third-order valence-electron chi connectivity index (χ3n) is 4.52. The first-order valence-electron chi connectivity index (χ1n) is 9.58. The molecule has 0 saturated carbocycles. The number of aromatic nitrogens is 2. The third kappa shape index (κ3) is 5.23. The van der Waals surface area contributed by atoms with Crippen molar-refractivity contribution in [2.45, 2.75) is 44.1 Å². The second kappa shape index (κ2) is 9.22. The van der Waals surface area contributed by atoms with Crippen molar-refractivity contribution < 1.29 is 9.18 Å². The number of anilines is 1. The monoisotopic (exact) mass is 413 g/mol. The van der Waals surface area contributed by atoms with Crippen molar-refractivity contribution in [3.05, 3.63) is 64.7 Å².